The number of hydrogen-bond donors (Lipinski definition) is 1. The van der Waals surface area contributed by atoms with Crippen LogP contribution < -0.4 is 10.1 Å². The Morgan fingerprint density at radius 2 is 1.70 bits per heavy atom. The van der Waals surface area contributed by atoms with Gasteiger partial charge in [-0.3, -0.25) is 4.79 Å². The second-order valence-corrected chi connectivity index (χ2v) is 10.6. The molecule has 7 heteroatoms. The van der Waals surface area contributed by atoms with Gasteiger partial charge in [0.05, 0.1) is 6.54 Å². The first kappa shape index (κ1) is 23.9. The molecular weight excluding hydrogens is 418 g/mol. The summed E-state index contributed by atoms with van der Waals surface area (Å²) in [7, 11) is 0. The molecule has 0 aromatic heterocycles. The van der Waals surface area contributed by atoms with E-state index in [0.717, 1.165) is 62.3 Å². The summed E-state index contributed by atoms with van der Waals surface area (Å²) in [4.78, 5) is 29.2. The summed E-state index contributed by atoms with van der Waals surface area (Å²) in [5, 5.41) is 3.31. The third-order valence-electron chi connectivity index (χ3n) is 6.80. The van der Waals surface area contributed by atoms with Crippen LogP contribution in [0, 0.1) is 0 Å². The van der Waals surface area contributed by atoms with Crippen LogP contribution in [0.2, 0.25) is 0 Å². The summed E-state index contributed by atoms with van der Waals surface area (Å²) in [6, 6.07) is 5.97. The molecule has 0 unspecified atom stereocenters. The average Bonchev–Trinajstić information content (AvgIpc) is 3.28. The standard InChI is InChI=1S/C26H39N3O4/c1-26(2,3)33-25(31)29-14-11-21(18-29)32-23-10-9-20(24(30)28-15-12-27-13-16-28)17-22(23)19-7-5-4-6-8-19/h9-10,17,19,21,27H,4-8,11-16,18H2,1-3H3/t21-/m0/s1. The van der Waals surface area contributed by atoms with Crippen LogP contribution in [0.15, 0.2) is 18.2 Å². The van der Waals surface area contributed by atoms with Crippen molar-refractivity contribution in [1.82, 2.24) is 15.1 Å². The lowest BCUT2D eigenvalue weighted by atomic mass is 9.83. The number of carbonyl (C=O) groups excluding carboxylic acids is 2. The van der Waals surface area contributed by atoms with Gasteiger partial charge in [0.25, 0.3) is 5.91 Å². The van der Waals surface area contributed by atoms with Gasteiger partial charge in [0.2, 0.25) is 0 Å². The van der Waals surface area contributed by atoms with Gasteiger partial charge >= 0.3 is 6.09 Å². The number of rotatable bonds is 4. The zero-order chi connectivity index (χ0) is 23.4. The van der Waals surface area contributed by atoms with Crippen LogP contribution in [0.5, 0.6) is 5.75 Å². The van der Waals surface area contributed by atoms with E-state index in [2.05, 4.69) is 11.4 Å². The van der Waals surface area contributed by atoms with E-state index >= 15 is 0 Å². The largest absolute Gasteiger partial charge is 0.488 e. The molecular formula is C26H39N3O4. The van der Waals surface area contributed by atoms with Crippen molar-refractivity contribution >= 4 is 12.0 Å². The predicted molar refractivity (Wildman–Crippen MR) is 128 cm³/mol. The lowest BCUT2D eigenvalue weighted by Gasteiger charge is -2.29. The Morgan fingerprint density at radius 3 is 2.39 bits per heavy atom. The number of carbonyl (C=O) groups is 2. The van der Waals surface area contributed by atoms with Crippen molar-refractivity contribution in [2.75, 3.05) is 39.3 Å². The van der Waals surface area contributed by atoms with E-state index < -0.39 is 5.60 Å². The molecule has 1 aromatic carbocycles. The van der Waals surface area contributed by atoms with Gasteiger partial charge in [0.1, 0.15) is 17.5 Å². The summed E-state index contributed by atoms with van der Waals surface area (Å²) in [6.07, 6.45) is 6.43. The third-order valence-corrected chi connectivity index (χ3v) is 6.80. The van der Waals surface area contributed by atoms with Gasteiger partial charge in [0.15, 0.2) is 0 Å². The number of ether oxygens (including phenoxy) is 2. The van der Waals surface area contributed by atoms with Crippen LogP contribution in [0.1, 0.15) is 81.1 Å². The van der Waals surface area contributed by atoms with Crippen molar-refractivity contribution in [3.8, 4) is 5.75 Å². The number of piperazine rings is 1. The second-order valence-electron chi connectivity index (χ2n) is 10.6. The number of benzene rings is 1. The fraction of sp³-hybridized carbons (Fsp3) is 0.692. The Kier molecular flexibility index (Phi) is 7.47. The van der Waals surface area contributed by atoms with Gasteiger partial charge in [0, 0.05) is 44.7 Å². The molecule has 0 radical (unpaired) electrons. The van der Waals surface area contributed by atoms with Gasteiger partial charge in [-0.15, -0.1) is 0 Å². The van der Waals surface area contributed by atoms with Crippen LogP contribution in [0.3, 0.4) is 0 Å². The van der Waals surface area contributed by atoms with Crippen molar-refractivity contribution in [2.24, 2.45) is 0 Å². The summed E-state index contributed by atoms with van der Waals surface area (Å²) in [6.45, 7) is 10.0. The van der Waals surface area contributed by atoms with E-state index in [0.29, 0.717) is 19.0 Å². The zero-order valence-electron chi connectivity index (χ0n) is 20.4. The highest BCUT2D eigenvalue weighted by molar-refractivity contribution is 5.94. The van der Waals surface area contributed by atoms with E-state index in [1.54, 1.807) is 4.90 Å². The summed E-state index contributed by atoms with van der Waals surface area (Å²) < 4.78 is 12.0. The molecule has 0 bridgehead atoms. The minimum Gasteiger partial charge on any atom is -0.488 e. The number of nitrogens with zero attached hydrogens (tertiary/aromatic N) is 2. The molecule has 1 saturated carbocycles. The Morgan fingerprint density at radius 1 is 0.970 bits per heavy atom. The minimum absolute atomic E-state index is 0.0606. The highest BCUT2D eigenvalue weighted by Crippen LogP contribution is 2.39. The summed E-state index contributed by atoms with van der Waals surface area (Å²) in [5.74, 6) is 1.40. The average molecular weight is 458 g/mol. The van der Waals surface area contributed by atoms with Gasteiger partial charge in [-0.2, -0.15) is 0 Å². The van der Waals surface area contributed by atoms with Crippen molar-refractivity contribution in [3.63, 3.8) is 0 Å². The molecule has 2 amide bonds. The van der Waals surface area contributed by atoms with Crippen molar-refractivity contribution < 1.29 is 19.1 Å². The first-order valence-electron chi connectivity index (χ1n) is 12.6. The van der Waals surface area contributed by atoms with E-state index in [1.165, 1.54) is 19.3 Å². The molecule has 1 aromatic rings. The fourth-order valence-corrected chi connectivity index (χ4v) is 5.07. The molecule has 1 atom stereocenters. The molecule has 3 fully saturated rings. The Labute approximate surface area is 197 Å². The molecule has 1 aliphatic carbocycles. The van der Waals surface area contributed by atoms with Gasteiger partial charge in [-0.1, -0.05) is 19.3 Å². The van der Waals surface area contributed by atoms with Crippen LogP contribution in [-0.4, -0.2) is 72.8 Å². The number of amides is 2. The van der Waals surface area contributed by atoms with Crippen LogP contribution in [-0.2, 0) is 4.74 Å². The monoisotopic (exact) mass is 457 g/mol. The van der Waals surface area contributed by atoms with Crippen molar-refractivity contribution in [1.29, 1.82) is 0 Å². The van der Waals surface area contributed by atoms with Gasteiger partial charge in [-0.05, 0) is 63.3 Å². The summed E-state index contributed by atoms with van der Waals surface area (Å²) >= 11 is 0. The topological polar surface area (TPSA) is 71.1 Å². The van der Waals surface area contributed by atoms with E-state index in [-0.39, 0.29) is 18.1 Å². The maximum atomic E-state index is 13.1. The molecule has 2 saturated heterocycles. The maximum Gasteiger partial charge on any atom is 0.410 e. The van der Waals surface area contributed by atoms with Crippen LogP contribution in [0.4, 0.5) is 4.79 Å². The SMILES string of the molecule is CC(C)(C)OC(=O)N1CC[C@H](Oc2ccc(C(=O)N3CCNCC3)cc2C2CCCCC2)C1. The van der Waals surface area contributed by atoms with E-state index in [9.17, 15) is 9.59 Å². The molecule has 1 N–H and O–H groups in total. The molecule has 0 spiro atoms. The zero-order valence-corrected chi connectivity index (χ0v) is 20.4. The molecule has 182 valence electrons. The lowest BCUT2D eigenvalue weighted by molar-refractivity contribution is 0.0275. The Balaban J connectivity index is 1.48. The Bertz CT molecular complexity index is 838. The molecule has 2 aliphatic heterocycles. The number of likely N-dealkylation sites (tertiary alicyclic amines) is 1. The van der Waals surface area contributed by atoms with E-state index in [1.807, 2.05) is 37.8 Å². The number of hydrogen-bond acceptors (Lipinski definition) is 5. The molecule has 7 nitrogen and oxygen atoms in total. The summed E-state index contributed by atoms with van der Waals surface area (Å²) in [5.41, 5.74) is 1.41. The second kappa shape index (κ2) is 10.3. The molecule has 4 rings (SSSR count). The molecule has 2 heterocycles. The third kappa shape index (κ3) is 6.19. The smallest absolute Gasteiger partial charge is 0.410 e. The molecule has 33 heavy (non-hydrogen) atoms. The highest BCUT2D eigenvalue weighted by atomic mass is 16.6. The maximum absolute atomic E-state index is 13.1. The van der Waals surface area contributed by atoms with Gasteiger partial charge in [-0.25, -0.2) is 4.79 Å². The number of nitrogens with one attached hydrogen (secondary N) is 1. The first-order chi connectivity index (χ1) is 15.8. The lowest BCUT2D eigenvalue weighted by Crippen LogP contribution is -2.46. The predicted octanol–water partition coefficient (Wildman–Crippen LogP) is 4.17. The highest BCUT2D eigenvalue weighted by Gasteiger charge is 2.32. The van der Waals surface area contributed by atoms with Crippen LogP contribution in [0.25, 0.3) is 0 Å². The van der Waals surface area contributed by atoms with Crippen molar-refractivity contribution in [3.05, 3.63) is 29.3 Å². The molecule has 3 aliphatic rings. The van der Waals surface area contributed by atoms with Crippen LogP contribution >= 0.6 is 0 Å². The normalized spacial score (nSPS) is 22.3. The van der Waals surface area contributed by atoms with Gasteiger partial charge < -0.3 is 24.6 Å². The fourth-order valence-electron chi connectivity index (χ4n) is 5.07. The Hall–Kier alpha value is -2.28. The first-order valence-corrected chi connectivity index (χ1v) is 12.6. The quantitative estimate of drug-likeness (QED) is 0.735. The minimum atomic E-state index is -0.503. The van der Waals surface area contributed by atoms with E-state index in [4.69, 9.17) is 9.47 Å². The van der Waals surface area contributed by atoms with Crippen molar-refractivity contribution in [2.45, 2.75) is 76.9 Å².